The van der Waals surface area contributed by atoms with Crippen molar-refractivity contribution in [2.75, 3.05) is 23.7 Å². The van der Waals surface area contributed by atoms with E-state index < -0.39 is 0 Å². The van der Waals surface area contributed by atoms with Crippen molar-refractivity contribution in [1.29, 1.82) is 5.26 Å². The van der Waals surface area contributed by atoms with Crippen LogP contribution in [0.25, 0.3) is 10.9 Å². The van der Waals surface area contributed by atoms with Crippen molar-refractivity contribution in [1.82, 2.24) is 24.9 Å². The molecule has 5 aromatic rings. The number of nitrogens with zero attached hydrogens (tertiary/aromatic N) is 6. The van der Waals surface area contributed by atoms with Crippen molar-refractivity contribution >= 4 is 51.2 Å². The van der Waals surface area contributed by atoms with Crippen LogP contribution in [0.5, 0.6) is 0 Å². The van der Waals surface area contributed by atoms with Crippen molar-refractivity contribution in [3.63, 3.8) is 0 Å². The predicted octanol–water partition coefficient (Wildman–Crippen LogP) is 8.69. The number of rotatable bonds is 7. The zero-order chi connectivity index (χ0) is 31.7. The number of nitrogens with one attached hydrogen (secondary N) is 2. The first-order valence-electron chi connectivity index (χ1n) is 15.1. The number of hydrogen-bond acceptors (Lipinski definition) is 7. The van der Waals surface area contributed by atoms with E-state index in [0.717, 1.165) is 59.5 Å². The van der Waals surface area contributed by atoms with Gasteiger partial charge in [0.15, 0.2) is 0 Å². The lowest BCUT2D eigenvalue weighted by atomic mass is 9.98. The predicted molar refractivity (Wildman–Crippen MR) is 182 cm³/mol. The van der Waals surface area contributed by atoms with Gasteiger partial charge >= 0.3 is 0 Å². The Bertz CT molecular complexity index is 1840. The van der Waals surface area contributed by atoms with E-state index in [4.69, 9.17) is 23.2 Å². The molecule has 2 N–H and O–H groups in total. The van der Waals surface area contributed by atoms with Gasteiger partial charge in [0.1, 0.15) is 11.8 Å². The van der Waals surface area contributed by atoms with Gasteiger partial charge < -0.3 is 10.6 Å². The molecule has 1 atom stereocenters. The number of anilines is 3. The summed E-state index contributed by atoms with van der Waals surface area (Å²) >= 11 is 13.1. The second kappa shape index (κ2) is 12.7. The lowest BCUT2D eigenvalue weighted by Gasteiger charge is -2.40. The van der Waals surface area contributed by atoms with Crippen LogP contribution >= 0.6 is 23.2 Å². The number of pyridine rings is 1. The molecule has 1 fully saturated rings. The molecular weight excluding hydrogens is 603 g/mol. The number of hydrogen-bond donors (Lipinski definition) is 2. The highest BCUT2D eigenvalue weighted by molar-refractivity contribution is 6.36. The first-order valence-corrected chi connectivity index (χ1v) is 15.9. The van der Waals surface area contributed by atoms with Crippen molar-refractivity contribution in [2.24, 2.45) is 0 Å². The Morgan fingerprint density at radius 3 is 2.36 bits per heavy atom. The van der Waals surface area contributed by atoms with Gasteiger partial charge in [0, 0.05) is 46.6 Å². The Morgan fingerprint density at radius 2 is 1.69 bits per heavy atom. The average molecular weight is 640 g/mol. The fraction of sp³-hybridized carbons (Fsp3) is 0.314. The van der Waals surface area contributed by atoms with Gasteiger partial charge in [-0.05, 0) is 82.5 Å². The second-order valence-electron chi connectivity index (χ2n) is 12.6. The summed E-state index contributed by atoms with van der Waals surface area (Å²) in [4.78, 5) is 7.05. The molecule has 0 bridgehead atoms. The highest BCUT2D eigenvalue weighted by atomic mass is 35.5. The van der Waals surface area contributed by atoms with Crippen LogP contribution in [0.3, 0.4) is 0 Å². The van der Waals surface area contributed by atoms with Crippen LogP contribution in [-0.4, -0.2) is 43.5 Å². The van der Waals surface area contributed by atoms with Gasteiger partial charge in [-0.15, -0.1) is 5.10 Å². The third-order valence-corrected chi connectivity index (χ3v) is 9.03. The third kappa shape index (κ3) is 6.76. The minimum Gasteiger partial charge on any atom is -0.373 e. The van der Waals surface area contributed by atoms with Gasteiger partial charge in [0.05, 0.1) is 40.1 Å². The van der Waals surface area contributed by atoms with Crippen LogP contribution in [0.2, 0.25) is 10.0 Å². The van der Waals surface area contributed by atoms with E-state index in [1.54, 1.807) is 6.20 Å². The van der Waals surface area contributed by atoms with Gasteiger partial charge in [-0.1, -0.05) is 58.2 Å². The molecule has 1 saturated heterocycles. The minimum absolute atomic E-state index is 0.155. The summed E-state index contributed by atoms with van der Waals surface area (Å²) in [6.45, 7) is 10.9. The van der Waals surface area contributed by atoms with E-state index in [1.807, 2.05) is 78.5 Å². The van der Waals surface area contributed by atoms with Crippen LogP contribution < -0.4 is 10.6 Å². The van der Waals surface area contributed by atoms with Gasteiger partial charge in [0.25, 0.3) is 0 Å². The van der Waals surface area contributed by atoms with E-state index in [1.165, 1.54) is 0 Å². The number of aromatic nitrogens is 4. The molecule has 0 unspecified atom stereocenters. The maximum atomic E-state index is 9.96. The minimum atomic E-state index is -0.334. The number of aryl methyl sites for hydroxylation is 1. The highest BCUT2D eigenvalue weighted by Crippen LogP contribution is 2.37. The molecule has 1 aliphatic heterocycles. The second-order valence-corrected chi connectivity index (χ2v) is 13.5. The molecule has 0 aliphatic carbocycles. The van der Waals surface area contributed by atoms with Gasteiger partial charge in [-0.25, -0.2) is 4.68 Å². The molecule has 1 aliphatic rings. The van der Waals surface area contributed by atoms with Crippen molar-refractivity contribution in [3.8, 4) is 6.07 Å². The standard InChI is InChI=1S/C35H36Cl2N8/c1-22-5-11-26(12-6-22)40-32-24(19-38)20-39-34-29(32)17-27(18-30(34)37)41-33(23-7-9-25(36)10-8-23)31-21-45(43-42-31)28-13-15-44(16-14-28)35(2,3)4/h5-12,17-18,20-21,28,33,41H,13-16H2,1-4H3,(H,39,40)/t33-/m0/s1. The Morgan fingerprint density at radius 1 is 0.978 bits per heavy atom. The third-order valence-electron chi connectivity index (χ3n) is 8.49. The summed E-state index contributed by atoms with van der Waals surface area (Å²) in [6.07, 6.45) is 5.64. The number of piperidine rings is 1. The van der Waals surface area contributed by atoms with Crippen LogP contribution in [0, 0.1) is 18.3 Å². The van der Waals surface area contributed by atoms with Gasteiger partial charge in [-0.2, -0.15) is 5.26 Å². The number of likely N-dealkylation sites (tertiary alicyclic amines) is 1. The molecule has 8 nitrogen and oxygen atoms in total. The molecule has 3 heterocycles. The fourth-order valence-corrected chi connectivity index (χ4v) is 6.29. The Labute approximate surface area is 274 Å². The van der Waals surface area contributed by atoms with Gasteiger partial charge in [0.2, 0.25) is 0 Å². The zero-order valence-corrected chi connectivity index (χ0v) is 27.4. The molecule has 6 rings (SSSR count). The summed E-state index contributed by atoms with van der Waals surface area (Å²) in [7, 11) is 0. The number of benzene rings is 3. The largest absolute Gasteiger partial charge is 0.373 e. The monoisotopic (exact) mass is 638 g/mol. The maximum Gasteiger partial charge on any atom is 0.109 e. The Balaban J connectivity index is 1.35. The summed E-state index contributed by atoms with van der Waals surface area (Å²) < 4.78 is 2.01. The molecule has 0 radical (unpaired) electrons. The van der Waals surface area contributed by atoms with Gasteiger partial charge in [-0.3, -0.25) is 9.88 Å². The molecule has 45 heavy (non-hydrogen) atoms. The Hall–Kier alpha value is -4.16. The fourth-order valence-electron chi connectivity index (χ4n) is 5.90. The first-order chi connectivity index (χ1) is 21.6. The lowest BCUT2D eigenvalue weighted by Crippen LogP contribution is -2.46. The van der Waals surface area contributed by atoms with E-state index in [0.29, 0.717) is 26.8 Å². The van der Waals surface area contributed by atoms with Crippen molar-refractivity contribution in [3.05, 3.63) is 105 Å². The molecule has 2 aromatic heterocycles. The maximum absolute atomic E-state index is 9.96. The molecule has 0 saturated carbocycles. The van der Waals surface area contributed by atoms with Crippen LogP contribution in [-0.2, 0) is 0 Å². The van der Waals surface area contributed by atoms with E-state index >= 15 is 0 Å². The van der Waals surface area contributed by atoms with Crippen LogP contribution in [0.4, 0.5) is 17.1 Å². The topological polar surface area (TPSA) is 94.7 Å². The summed E-state index contributed by atoms with van der Waals surface area (Å²) in [6, 6.07) is 21.8. The van der Waals surface area contributed by atoms with E-state index in [9.17, 15) is 5.26 Å². The lowest BCUT2D eigenvalue weighted by molar-refractivity contribution is 0.0866. The first kappa shape index (κ1) is 30.8. The molecule has 0 spiro atoms. The van der Waals surface area contributed by atoms with E-state index in [2.05, 4.69) is 57.7 Å². The summed E-state index contributed by atoms with van der Waals surface area (Å²) in [5, 5.41) is 28.1. The molecule has 10 heteroatoms. The molecule has 230 valence electrons. The SMILES string of the molecule is Cc1ccc(Nc2c(C#N)cnc3c(Cl)cc(N[C@@H](c4ccc(Cl)cc4)c4cn(C5CCN(C(C)(C)C)CC5)nn4)cc23)cc1. The number of fused-ring (bicyclic) bond motifs is 1. The van der Waals surface area contributed by atoms with Crippen LogP contribution in [0.1, 0.15) is 68.1 Å². The smallest absolute Gasteiger partial charge is 0.109 e. The average Bonchev–Trinajstić information content (AvgIpc) is 3.51. The number of halogens is 2. The summed E-state index contributed by atoms with van der Waals surface area (Å²) in [5.41, 5.74) is 6.36. The number of nitriles is 1. The van der Waals surface area contributed by atoms with Crippen molar-refractivity contribution in [2.45, 2.75) is 58.2 Å². The highest BCUT2D eigenvalue weighted by Gasteiger charge is 2.29. The normalized spacial score (nSPS) is 15.1. The van der Waals surface area contributed by atoms with Crippen LogP contribution in [0.15, 0.2) is 73.1 Å². The molecule has 3 aromatic carbocycles. The Kier molecular flexibility index (Phi) is 8.69. The quantitative estimate of drug-likeness (QED) is 0.184. The zero-order valence-electron chi connectivity index (χ0n) is 25.9. The van der Waals surface area contributed by atoms with Crippen molar-refractivity contribution < 1.29 is 0 Å². The summed E-state index contributed by atoms with van der Waals surface area (Å²) in [5.74, 6) is 0. The van der Waals surface area contributed by atoms with E-state index in [-0.39, 0.29) is 17.6 Å². The molecular formula is C35H36Cl2N8. The molecule has 0 amide bonds.